The van der Waals surface area contributed by atoms with Crippen LogP contribution < -0.4 is 9.30 Å². The molecule has 12 aromatic carbocycles. The Labute approximate surface area is 555 Å². The minimum absolute atomic E-state index is 0. The van der Waals surface area contributed by atoms with E-state index in [1.165, 1.54) is 18.2 Å². The number of hydrogen-bond donors (Lipinski definition) is 0. The van der Waals surface area contributed by atoms with Gasteiger partial charge in [0.1, 0.15) is 17.0 Å². The Morgan fingerprint density at radius 3 is 1.77 bits per heavy atom. The Hall–Kier alpha value is -10.9. The number of nitrogens with zero attached hydrogens (tertiary/aromatic N) is 5. The van der Waals surface area contributed by atoms with Gasteiger partial charge in [-0.25, -0.2) is 4.98 Å². The number of rotatable bonds is 7. The van der Waals surface area contributed by atoms with Crippen LogP contribution in [0.15, 0.2) is 259 Å². The van der Waals surface area contributed by atoms with Crippen LogP contribution in [-0.4, -0.2) is 18.7 Å². The van der Waals surface area contributed by atoms with Crippen molar-refractivity contribution in [2.75, 3.05) is 0 Å². The second-order valence-corrected chi connectivity index (χ2v) is 24.6. The van der Waals surface area contributed by atoms with Gasteiger partial charge in [-0.1, -0.05) is 172 Å². The largest absolute Gasteiger partial charge is 0.510 e. The van der Waals surface area contributed by atoms with Crippen molar-refractivity contribution < 1.29 is 43.0 Å². The summed E-state index contributed by atoms with van der Waals surface area (Å²) < 4.78 is 76.2. The van der Waals surface area contributed by atoms with E-state index >= 15 is 0 Å². The Morgan fingerprint density at radius 2 is 1.07 bits per heavy atom. The van der Waals surface area contributed by atoms with E-state index in [0.29, 0.717) is 45.1 Å². The Bertz CT molecular complexity index is 6080. The molecule has 0 amide bonds. The fourth-order valence-electron chi connectivity index (χ4n) is 14.1. The van der Waals surface area contributed by atoms with E-state index in [1.54, 1.807) is 0 Å². The van der Waals surface area contributed by atoms with E-state index in [9.17, 15) is 0 Å². The van der Waals surface area contributed by atoms with Crippen molar-refractivity contribution in [2.45, 2.75) is 39.9 Å². The zero-order valence-electron chi connectivity index (χ0n) is 56.1. The maximum Gasteiger partial charge on any atom is 0.268 e. The van der Waals surface area contributed by atoms with Crippen molar-refractivity contribution in [2.24, 2.45) is 0 Å². The first-order chi connectivity index (χ1) is 47.0. The van der Waals surface area contributed by atoms with Crippen molar-refractivity contribution in [1.82, 2.24) is 18.7 Å². The normalized spacial score (nSPS) is 13.3. The Morgan fingerprint density at radius 1 is 0.467 bits per heavy atom. The summed E-state index contributed by atoms with van der Waals surface area (Å²) in [6.07, 6.45) is 5.88. The van der Waals surface area contributed by atoms with Crippen molar-refractivity contribution in [3.63, 3.8) is 0 Å². The molecule has 1 aliphatic rings. The summed E-state index contributed by atoms with van der Waals surface area (Å²) in [6.45, 7) is 1.22. The molecule has 0 N–H and O–H groups in total. The van der Waals surface area contributed by atoms with E-state index in [0.717, 1.165) is 121 Å². The first-order valence-corrected chi connectivity index (χ1v) is 30.6. The molecule has 6 heterocycles. The minimum Gasteiger partial charge on any atom is -0.510 e. The van der Waals surface area contributed by atoms with Crippen LogP contribution in [0.25, 0.3) is 155 Å². The fraction of sp³-hybridized carbons (Fsp3) is 0.0714. The summed E-state index contributed by atoms with van der Waals surface area (Å²) >= 11 is 0. The van der Waals surface area contributed by atoms with Crippen LogP contribution in [0.5, 0.6) is 11.5 Å². The molecule has 442 valence electrons. The summed E-state index contributed by atoms with van der Waals surface area (Å²) in [5, 5.41) is 6.11. The molecular formula is C84H57N5O2Pt-2. The molecule has 17 aromatic rings. The Balaban J connectivity index is 0.00000722. The first kappa shape index (κ1) is 49.0. The average molecular weight is 1370 g/mol. The average Bonchev–Trinajstić information content (AvgIpc) is 1.49. The molecule has 5 aromatic heterocycles. The smallest absolute Gasteiger partial charge is 0.268 e. The van der Waals surface area contributed by atoms with Gasteiger partial charge in [0, 0.05) is 79.7 Å². The van der Waals surface area contributed by atoms with Gasteiger partial charge < -0.3 is 22.9 Å². The quantitative estimate of drug-likeness (QED) is 0.118. The number of benzene rings is 12. The van der Waals surface area contributed by atoms with Crippen molar-refractivity contribution in [1.29, 1.82) is 0 Å². The molecule has 18 rings (SSSR count). The fourth-order valence-corrected chi connectivity index (χ4v) is 14.1. The molecular weight excluding hydrogens is 1310 g/mol. The summed E-state index contributed by atoms with van der Waals surface area (Å²) in [5.41, 5.74) is 17.3. The van der Waals surface area contributed by atoms with E-state index in [2.05, 4.69) is 197 Å². The summed E-state index contributed by atoms with van der Waals surface area (Å²) in [5.74, 6) is 1.71. The predicted octanol–water partition coefficient (Wildman–Crippen LogP) is 21.1. The third kappa shape index (κ3) is 8.59. The van der Waals surface area contributed by atoms with Crippen LogP contribution in [0.2, 0.25) is 0 Å². The van der Waals surface area contributed by atoms with E-state index in [4.69, 9.17) is 22.4 Å². The van der Waals surface area contributed by atoms with E-state index < -0.39 is 13.7 Å². The van der Waals surface area contributed by atoms with Crippen LogP contribution in [-0.2, 0) is 26.5 Å². The number of ether oxygens (including phenoxy) is 1. The SMILES string of the molecule is [2H]C([2H])([2H])c1cccc(C([2H])([2H])[2H])c1-c1cc(-c2ccc3oc4ccccc4c3c2)c2c(c1)-c1ccccc1-c1ccccc1-c1cc(-n3c4ccccc4c4ccccc43)cc3c1[n+]-2[c-]n3-c1[c-]c(Oc2[c-]c3c(cc2)c2ccccc2n3-c2cc(C(C)(C)C)ccn2)ccc1.[Pt]. The molecule has 92 heavy (non-hydrogen) atoms. The number of hydrogen-bond acceptors (Lipinski definition) is 3. The van der Waals surface area contributed by atoms with E-state index in [-0.39, 0.29) is 43.2 Å². The molecule has 0 radical (unpaired) electrons. The maximum absolute atomic E-state index is 9.01. The van der Waals surface area contributed by atoms with Crippen LogP contribution >= 0.6 is 0 Å². The van der Waals surface area contributed by atoms with Gasteiger partial charge in [0.2, 0.25) is 0 Å². The second-order valence-electron chi connectivity index (χ2n) is 24.6. The zero-order chi connectivity index (χ0) is 65.8. The number of imidazole rings is 1. The van der Waals surface area contributed by atoms with Crippen molar-refractivity contribution in [3.05, 3.63) is 290 Å². The van der Waals surface area contributed by atoms with Gasteiger partial charge in [-0.15, -0.1) is 29.7 Å². The molecule has 0 fully saturated rings. The summed E-state index contributed by atoms with van der Waals surface area (Å²) in [6, 6.07) is 90.9. The number of fused-ring (bicyclic) bond motifs is 16. The van der Waals surface area contributed by atoms with Gasteiger partial charge in [0.25, 0.3) is 6.33 Å². The third-order valence-electron chi connectivity index (χ3n) is 18.3. The Kier molecular flexibility index (Phi) is 11.3. The van der Waals surface area contributed by atoms with Crippen LogP contribution in [0.3, 0.4) is 0 Å². The van der Waals surface area contributed by atoms with Gasteiger partial charge >= 0.3 is 0 Å². The molecule has 0 saturated heterocycles. The topological polar surface area (TPSA) is 53.9 Å². The minimum atomic E-state index is -2.70. The molecule has 0 unspecified atom stereocenters. The first-order valence-electron chi connectivity index (χ1n) is 33.6. The number of para-hydroxylation sites is 4. The number of aromatic nitrogens is 5. The summed E-state index contributed by atoms with van der Waals surface area (Å²) in [4.78, 5) is 4.93. The molecule has 8 heteroatoms. The zero-order valence-corrected chi connectivity index (χ0v) is 52.4. The van der Waals surface area contributed by atoms with Gasteiger partial charge in [-0.05, 0) is 175 Å². The number of pyridine rings is 1. The second kappa shape index (κ2) is 21.1. The molecule has 0 bridgehead atoms. The van der Waals surface area contributed by atoms with E-state index in [1.807, 2.05) is 97.2 Å². The van der Waals surface area contributed by atoms with Crippen LogP contribution in [0.4, 0.5) is 0 Å². The number of aryl methyl sites for hydroxylation is 2. The standard InChI is InChI=1S/C84H57N5O2.Pt/c1-51-20-18-21-52(2)81(51)54-43-69(53-36-39-79-70(42-53)68-31-13-17-35-78(68)91-79)82-71(44-54)62-26-8-6-24-60(62)61-25-7-9-27-63(61)72-47-57(88-73-32-14-10-28-64(73)65-29-11-15-33-74(65)88)48-77-83(72)87(82)50-86(77)56-22-19-23-58(46-56)90-59-37-38-67-66-30-12-16-34-75(66)89(76(67)49-59)80-45-55(40-41-85-80)84(3,4)5;/h6-45,47-48H,1-5H3;/q-2;/i1D3,2D3;. The van der Waals surface area contributed by atoms with Gasteiger partial charge in [0.15, 0.2) is 0 Å². The van der Waals surface area contributed by atoms with Crippen LogP contribution in [0.1, 0.15) is 45.7 Å². The summed E-state index contributed by atoms with van der Waals surface area (Å²) in [7, 11) is 0. The van der Waals surface area contributed by atoms with Gasteiger partial charge in [-0.2, -0.15) is 18.2 Å². The van der Waals surface area contributed by atoms with Crippen LogP contribution in [0, 0.1) is 32.2 Å². The molecule has 0 saturated carbocycles. The monoisotopic (exact) mass is 1370 g/mol. The van der Waals surface area contributed by atoms with Gasteiger partial charge in [0.05, 0.1) is 27.8 Å². The third-order valence-corrected chi connectivity index (χ3v) is 18.3. The van der Waals surface area contributed by atoms with Gasteiger partial charge in [-0.3, -0.25) is 4.57 Å². The predicted molar refractivity (Wildman–Crippen MR) is 370 cm³/mol. The molecule has 0 atom stereocenters. The molecule has 7 nitrogen and oxygen atoms in total. The molecule has 1 aliphatic heterocycles. The van der Waals surface area contributed by atoms with Crippen molar-refractivity contribution in [3.8, 4) is 90.0 Å². The number of furan rings is 1. The maximum atomic E-state index is 9.01. The molecule has 0 aliphatic carbocycles. The van der Waals surface area contributed by atoms with Crippen molar-refractivity contribution >= 4 is 76.6 Å². The molecule has 0 spiro atoms.